The van der Waals surface area contributed by atoms with Gasteiger partial charge in [-0.05, 0) is 23.8 Å². The van der Waals surface area contributed by atoms with Crippen LogP contribution < -0.4 is 4.90 Å². The molecular weight excluding hydrogens is 284 g/mol. The second-order valence-electron chi connectivity index (χ2n) is 5.06. The molecule has 0 fully saturated rings. The molecule has 102 valence electrons. The smallest absolute Gasteiger partial charge is 0.236 e. The fourth-order valence-electron chi connectivity index (χ4n) is 2.79. The third-order valence-corrected chi connectivity index (χ3v) is 4.08. The van der Waals surface area contributed by atoms with Crippen LogP contribution in [0.3, 0.4) is 0 Å². The van der Waals surface area contributed by atoms with Gasteiger partial charge in [-0.1, -0.05) is 35.9 Å². The maximum atomic E-state index is 12.3. The molecule has 0 N–H and O–H groups in total. The number of rotatable bonds is 1. The summed E-state index contributed by atoms with van der Waals surface area (Å²) in [5.41, 5.74) is 2.85. The molecule has 1 aromatic heterocycles. The second-order valence-corrected chi connectivity index (χ2v) is 5.47. The van der Waals surface area contributed by atoms with Gasteiger partial charge in [-0.15, -0.1) is 0 Å². The molecule has 1 aliphatic heterocycles. The predicted octanol–water partition coefficient (Wildman–Crippen LogP) is 4.11. The van der Waals surface area contributed by atoms with E-state index >= 15 is 0 Å². The number of benzene rings is 2. The van der Waals surface area contributed by atoms with Crippen LogP contribution >= 0.6 is 11.6 Å². The van der Waals surface area contributed by atoms with Crippen molar-refractivity contribution in [3.8, 4) is 0 Å². The van der Waals surface area contributed by atoms with E-state index in [9.17, 15) is 4.79 Å². The van der Waals surface area contributed by atoms with Crippen LogP contribution in [0.5, 0.6) is 0 Å². The van der Waals surface area contributed by atoms with Gasteiger partial charge in [-0.3, -0.25) is 14.7 Å². The third-order valence-electron chi connectivity index (χ3n) is 3.78. The Morgan fingerprint density at radius 3 is 2.86 bits per heavy atom. The zero-order valence-corrected chi connectivity index (χ0v) is 11.8. The van der Waals surface area contributed by atoms with Gasteiger partial charge in [0.15, 0.2) is 0 Å². The molecule has 2 aromatic carbocycles. The Hall–Kier alpha value is -2.39. The normalized spacial score (nSPS) is 13.8. The van der Waals surface area contributed by atoms with Crippen LogP contribution in [0.1, 0.15) is 5.56 Å². The SMILES string of the molecule is O=C1Cc2ccccc2N1c1ccc2cncc(Cl)c2c1. The molecule has 1 amide bonds. The van der Waals surface area contributed by atoms with Crippen LogP contribution in [-0.4, -0.2) is 10.9 Å². The number of pyridine rings is 1. The topological polar surface area (TPSA) is 33.2 Å². The highest BCUT2D eigenvalue weighted by molar-refractivity contribution is 6.35. The molecule has 21 heavy (non-hydrogen) atoms. The monoisotopic (exact) mass is 294 g/mol. The Morgan fingerprint density at radius 2 is 1.95 bits per heavy atom. The largest absolute Gasteiger partial charge is 0.280 e. The summed E-state index contributed by atoms with van der Waals surface area (Å²) in [6, 6.07) is 13.7. The molecule has 1 aliphatic rings. The molecule has 0 spiro atoms. The molecule has 0 bridgehead atoms. The molecule has 0 unspecified atom stereocenters. The first-order valence-electron chi connectivity index (χ1n) is 6.68. The van der Waals surface area contributed by atoms with E-state index in [1.807, 2.05) is 42.5 Å². The van der Waals surface area contributed by atoms with Crippen molar-refractivity contribution in [2.75, 3.05) is 4.90 Å². The first-order valence-corrected chi connectivity index (χ1v) is 7.06. The van der Waals surface area contributed by atoms with Crippen molar-refractivity contribution < 1.29 is 4.79 Å². The van der Waals surface area contributed by atoms with E-state index < -0.39 is 0 Å². The highest BCUT2D eigenvalue weighted by atomic mass is 35.5. The first-order chi connectivity index (χ1) is 10.2. The molecule has 2 heterocycles. The van der Waals surface area contributed by atoms with Gasteiger partial charge in [-0.2, -0.15) is 0 Å². The van der Waals surface area contributed by atoms with Gasteiger partial charge in [0.1, 0.15) is 0 Å². The highest BCUT2D eigenvalue weighted by Gasteiger charge is 2.28. The number of nitrogens with zero attached hydrogens (tertiary/aromatic N) is 2. The van der Waals surface area contributed by atoms with Crippen LogP contribution in [0.4, 0.5) is 11.4 Å². The zero-order valence-electron chi connectivity index (χ0n) is 11.1. The minimum atomic E-state index is 0.0840. The number of anilines is 2. The molecule has 4 heteroatoms. The summed E-state index contributed by atoms with van der Waals surface area (Å²) < 4.78 is 0. The summed E-state index contributed by atoms with van der Waals surface area (Å²) in [6.45, 7) is 0. The van der Waals surface area contributed by atoms with Crippen molar-refractivity contribution in [3.63, 3.8) is 0 Å². The number of aromatic nitrogens is 1. The summed E-state index contributed by atoms with van der Waals surface area (Å²) in [6.07, 6.45) is 3.83. The van der Waals surface area contributed by atoms with Crippen LogP contribution in [-0.2, 0) is 11.2 Å². The minimum Gasteiger partial charge on any atom is -0.280 e. The Balaban J connectivity index is 1.91. The molecule has 0 saturated heterocycles. The van der Waals surface area contributed by atoms with Crippen LogP contribution in [0.25, 0.3) is 10.8 Å². The van der Waals surface area contributed by atoms with Gasteiger partial charge in [0.25, 0.3) is 0 Å². The maximum absolute atomic E-state index is 12.3. The van der Waals surface area contributed by atoms with Gasteiger partial charge >= 0.3 is 0 Å². The van der Waals surface area contributed by atoms with Gasteiger partial charge in [0.05, 0.1) is 17.1 Å². The summed E-state index contributed by atoms with van der Waals surface area (Å²) in [5, 5.41) is 2.46. The lowest BCUT2D eigenvalue weighted by molar-refractivity contribution is -0.116. The lowest BCUT2D eigenvalue weighted by Crippen LogP contribution is -2.20. The number of halogens is 1. The Bertz CT molecular complexity index is 876. The molecular formula is C17H11ClN2O. The molecule has 0 aliphatic carbocycles. The van der Waals surface area contributed by atoms with Crippen LogP contribution in [0.2, 0.25) is 5.02 Å². The Kier molecular flexibility index (Phi) is 2.69. The fourth-order valence-corrected chi connectivity index (χ4v) is 3.01. The average molecular weight is 295 g/mol. The predicted molar refractivity (Wildman–Crippen MR) is 84.0 cm³/mol. The van der Waals surface area contributed by atoms with Crippen LogP contribution in [0.15, 0.2) is 54.9 Å². The van der Waals surface area contributed by atoms with Gasteiger partial charge < -0.3 is 0 Å². The third kappa shape index (κ3) is 1.89. The zero-order chi connectivity index (χ0) is 14.4. The average Bonchev–Trinajstić information content (AvgIpc) is 2.83. The number of hydrogen-bond acceptors (Lipinski definition) is 2. The van der Waals surface area contributed by atoms with Gasteiger partial charge in [-0.25, -0.2) is 0 Å². The quantitative estimate of drug-likeness (QED) is 0.677. The molecule has 0 radical (unpaired) electrons. The van der Waals surface area contributed by atoms with E-state index in [0.29, 0.717) is 11.4 Å². The molecule has 0 atom stereocenters. The summed E-state index contributed by atoms with van der Waals surface area (Å²) in [4.78, 5) is 18.2. The lowest BCUT2D eigenvalue weighted by Gasteiger charge is -2.18. The van der Waals surface area contributed by atoms with E-state index in [4.69, 9.17) is 11.6 Å². The molecule has 4 rings (SSSR count). The van der Waals surface area contributed by atoms with E-state index in [2.05, 4.69) is 4.98 Å². The number of para-hydroxylation sites is 1. The van der Waals surface area contributed by atoms with E-state index in [-0.39, 0.29) is 5.91 Å². The molecule has 0 saturated carbocycles. The maximum Gasteiger partial charge on any atom is 0.236 e. The summed E-state index contributed by atoms with van der Waals surface area (Å²) >= 11 is 6.21. The minimum absolute atomic E-state index is 0.0840. The number of carbonyl (C=O) groups is 1. The van der Waals surface area contributed by atoms with Crippen molar-refractivity contribution in [1.29, 1.82) is 0 Å². The summed E-state index contributed by atoms with van der Waals surface area (Å²) in [7, 11) is 0. The second kappa shape index (κ2) is 4.57. The molecule has 3 nitrogen and oxygen atoms in total. The molecule has 3 aromatic rings. The highest BCUT2D eigenvalue weighted by Crippen LogP contribution is 2.37. The van der Waals surface area contributed by atoms with E-state index in [0.717, 1.165) is 27.7 Å². The van der Waals surface area contributed by atoms with Gasteiger partial charge in [0.2, 0.25) is 5.91 Å². The van der Waals surface area contributed by atoms with Crippen molar-refractivity contribution in [2.24, 2.45) is 0 Å². The number of hydrogen-bond donors (Lipinski definition) is 0. The van der Waals surface area contributed by atoms with Crippen molar-refractivity contribution >= 4 is 39.7 Å². The van der Waals surface area contributed by atoms with Crippen molar-refractivity contribution in [3.05, 3.63) is 65.4 Å². The van der Waals surface area contributed by atoms with Crippen molar-refractivity contribution in [1.82, 2.24) is 4.98 Å². The van der Waals surface area contributed by atoms with E-state index in [1.165, 1.54) is 0 Å². The van der Waals surface area contributed by atoms with Gasteiger partial charge in [0, 0.05) is 28.9 Å². The first kappa shape index (κ1) is 12.4. The standard InChI is InChI=1S/C17H11ClN2O/c18-15-10-19-9-12-5-6-13(8-14(12)15)20-16-4-2-1-3-11(16)7-17(20)21/h1-6,8-10H,7H2. The Labute approximate surface area is 126 Å². The van der Waals surface area contributed by atoms with E-state index in [1.54, 1.807) is 17.3 Å². The van der Waals surface area contributed by atoms with Crippen molar-refractivity contribution in [2.45, 2.75) is 6.42 Å². The van der Waals surface area contributed by atoms with Crippen LogP contribution in [0, 0.1) is 0 Å². The Morgan fingerprint density at radius 1 is 1.10 bits per heavy atom. The number of fused-ring (bicyclic) bond motifs is 2. The lowest BCUT2D eigenvalue weighted by atomic mass is 10.1. The number of amides is 1. The fraction of sp³-hybridized carbons (Fsp3) is 0.0588. The summed E-state index contributed by atoms with van der Waals surface area (Å²) in [5.74, 6) is 0.0840. The number of carbonyl (C=O) groups excluding carboxylic acids is 1.